The molecule has 1 aliphatic carbocycles. The van der Waals surface area contributed by atoms with Gasteiger partial charge in [-0.15, -0.1) is 0 Å². The van der Waals surface area contributed by atoms with E-state index in [1.165, 1.54) is 24.0 Å². The topological polar surface area (TPSA) is 57.3 Å². The Hall–Kier alpha value is -1.62. The standard InChI is InChI=1S/C15H22N4O/c1-11-8-12(9-17-13-2-3-13)10-18-15(11)19-6-4-14(20)16-5-7-19/h8,10,13,17H,2-7,9H2,1H3,(H,16,20). The minimum atomic E-state index is 0.135. The van der Waals surface area contributed by atoms with E-state index in [9.17, 15) is 4.79 Å². The number of aromatic nitrogens is 1. The maximum Gasteiger partial charge on any atom is 0.221 e. The summed E-state index contributed by atoms with van der Waals surface area (Å²) in [6.07, 6.45) is 5.11. The third kappa shape index (κ3) is 3.28. The van der Waals surface area contributed by atoms with E-state index in [2.05, 4.69) is 33.5 Å². The third-order valence-electron chi connectivity index (χ3n) is 3.89. The number of pyridine rings is 1. The van der Waals surface area contributed by atoms with Crippen molar-refractivity contribution in [3.8, 4) is 0 Å². The van der Waals surface area contributed by atoms with Crippen LogP contribution < -0.4 is 15.5 Å². The molecule has 3 rings (SSSR count). The zero-order valence-corrected chi connectivity index (χ0v) is 12.0. The maximum absolute atomic E-state index is 11.4. The van der Waals surface area contributed by atoms with Crippen LogP contribution in [-0.4, -0.2) is 36.6 Å². The summed E-state index contributed by atoms with van der Waals surface area (Å²) in [6, 6.07) is 2.93. The average Bonchev–Trinajstić information content (AvgIpc) is 3.25. The van der Waals surface area contributed by atoms with Crippen molar-refractivity contribution >= 4 is 11.7 Å². The van der Waals surface area contributed by atoms with Crippen LogP contribution in [0.15, 0.2) is 12.3 Å². The summed E-state index contributed by atoms with van der Waals surface area (Å²) in [5, 5.41) is 6.40. The fraction of sp³-hybridized carbons (Fsp3) is 0.600. The fourth-order valence-corrected chi connectivity index (χ4v) is 2.58. The van der Waals surface area contributed by atoms with Crippen LogP contribution in [0.1, 0.15) is 30.4 Å². The molecule has 5 heteroatoms. The van der Waals surface area contributed by atoms with Gasteiger partial charge in [0.15, 0.2) is 0 Å². The quantitative estimate of drug-likeness (QED) is 0.859. The zero-order valence-electron chi connectivity index (χ0n) is 12.0. The molecule has 0 atom stereocenters. The van der Waals surface area contributed by atoms with Gasteiger partial charge in [-0.05, 0) is 37.0 Å². The molecule has 1 aliphatic heterocycles. The molecule has 0 spiro atoms. The van der Waals surface area contributed by atoms with E-state index in [0.717, 1.165) is 31.5 Å². The molecule has 2 heterocycles. The van der Waals surface area contributed by atoms with Gasteiger partial charge >= 0.3 is 0 Å². The molecule has 20 heavy (non-hydrogen) atoms. The fourth-order valence-electron chi connectivity index (χ4n) is 2.58. The van der Waals surface area contributed by atoms with Crippen molar-refractivity contribution in [3.05, 3.63) is 23.4 Å². The number of carbonyl (C=O) groups is 1. The Morgan fingerprint density at radius 3 is 3.05 bits per heavy atom. The van der Waals surface area contributed by atoms with Crippen LogP contribution in [0.25, 0.3) is 0 Å². The number of nitrogens with one attached hydrogen (secondary N) is 2. The molecule has 108 valence electrons. The summed E-state index contributed by atoms with van der Waals surface area (Å²) in [6.45, 7) is 5.28. The van der Waals surface area contributed by atoms with Crippen molar-refractivity contribution in [2.24, 2.45) is 0 Å². The number of rotatable bonds is 4. The van der Waals surface area contributed by atoms with Gasteiger partial charge in [-0.3, -0.25) is 4.79 Å². The van der Waals surface area contributed by atoms with Gasteiger partial charge in [0.1, 0.15) is 5.82 Å². The predicted molar refractivity (Wildman–Crippen MR) is 78.7 cm³/mol. The van der Waals surface area contributed by atoms with Crippen LogP contribution >= 0.6 is 0 Å². The van der Waals surface area contributed by atoms with Crippen LogP contribution in [0.3, 0.4) is 0 Å². The molecule has 0 bridgehead atoms. The molecule has 1 saturated carbocycles. The Bertz CT molecular complexity index is 499. The normalized spacial score (nSPS) is 19.6. The van der Waals surface area contributed by atoms with Crippen molar-refractivity contribution in [2.45, 2.75) is 38.8 Å². The molecular formula is C15H22N4O. The van der Waals surface area contributed by atoms with Gasteiger partial charge in [-0.1, -0.05) is 0 Å². The Labute approximate surface area is 119 Å². The van der Waals surface area contributed by atoms with Gasteiger partial charge < -0.3 is 15.5 Å². The van der Waals surface area contributed by atoms with E-state index in [1.54, 1.807) is 0 Å². The lowest BCUT2D eigenvalue weighted by Crippen LogP contribution is -2.29. The summed E-state index contributed by atoms with van der Waals surface area (Å²) in [5.74, 6) is 1.15. The van der Waals surface area contributed by atoms with Gasteiger partial charge in [-0.25, -0.2) is 4.98 Å². The molecule has 2 fully saturated rings. The molecule has 0 radical (unpaired) electrons. The molecule has 1 saturated heterocycles. The molecule has 2 aliphatic rings. The van der Waals surface area contributed by atoms with E-state index in [-0.39, 0.29) is 5.91 Å². The first-order chi connectivity index (χ1) is 9.72. The van der Waals surface area contributed by atoms with Crippen LogP contribution in [-0.2, 0) is 11.3 Å². The highest BCUT2D eigenvalue weighted by Gasteiger charge is 2.20. The van der Waals surface area contributed by atoms with Crippen molar-refractivity contribution in [1.82, 2.24) is 15.6 Å². The molecule has 1 aromatic heterocycles. The Morgan fingerprint density at radius 2 is 2.30 bits per heavy atom. The lowest BCUT2D eigenvalue weighted by Gasteiger charge is -2.22. The number of hydrogen-bond acceptors (Lipinski definition) is 4. The first-order valence-corrected chi connectivity index (χ1v) is 7.43. The summed E-state index contributed by atoms with van der Waals surface area (Å²) >= 11 is 0. The maximum atomic E-state index is 11.4. The number of carbonyl (C=O) groups excluding carboxylic acids is 1. The van der Waals surface area contributed by atoms with Gasteiger partial charge in [0.05, 0.1) is 0 Å². The Morgan fingerprint density at radius 1 is 1.45 bits per heavy atom. The molecule has 1 amide bonds. The summed E-state index contributed by atoms with van der Waals surface area (Å²) in [4.78, 5) is 18.2. The molecule has 0 unspecified atom stereocenters. The number of nitrogens with zero attached hydrogens (tertiary/aromatic N) is 2. The third-order valence-corrected chi connectivity index (χ3v) is 3.89. The van der Waals surface area contributed by atoms with Crippen molar-refractivity contribution < 1.29 is 4.79 Å². The van der Waals surface area contributed by atoms with Crippen LogP contribution in [0.5, 0.6) is 0 Å². The SMILES string of the molecule is Cc1cc(CNC2CC2)cnc1N1CCNC(=O)CC1. The van der Waals surface area contributed by atoms with E-state index in [1.807, 2.05) is 6.20 Å². The van der Waals surface area contributed by atoms with Gasteiger partial charge in [-0.2, -0.15) is 0 Å². The highest BCUT2D eigenvalue weighted by Crippen LogP contribution is 2.21. The Kier molecular flexibility index (Phi) is 3.87. The summed E-state index contributed by atoms with van der Waals surface area (Å²) < 4.78 is 0. The minimum Gasteiger partial charge on any atom is -0.354 e. The second-order valence-corrected chi connectivity index (χ2v) is 5.73. The van der Waals surface area contributed by atoms with Gasteiger partial charge in [0.25, 0.3) is 0 Å². The first-order valence-electron chi connectivity index (χ1n) is 7.43. The lowest BCUT2D eigenvalue weighted by atomic mass is 10.2. The predicted octanol–water partition coefficient (Wildman–Crippen LogP) is 0.968. The van der Waals surface area contributed by atoms with Crippen LogP contribution in [0, 0.1) is 6.92 Å². The second-order valence-electron chi connectivity index (χ2n) is 5.73. The largest absolute Gasteiger partial charge is 0.354 e. The summed E-state index contributed by atoms with van der Waals surface area (Å²) in [7, 11) is 0. The van der Waals surface area contributed by atoms with E-state index in [4.69, 9.17) is 0 Å². The van der Waals surface area contributed by atoms with Gasteiger partial charge in [0.2, 0.25) is 5.91 Å². The zero-order chi connectivity index (χ0) is 13.9. The monoisotopic (exact) mass is 274 g/mol. The average molecular weight is 274 g/mol. The molecule has 0 aromatic carbocycles. The number of amides is 1. The van der Waals surface area contributed by atoms with Crippen LogP contribution in [0.2, 0.25) is 0 Å². The van der Waals surface area contributed by atoms with Crippen molar-refractivity contribution in [3.63, 3.8) is 0 Å². The Balaban J connectivity index is 1.67. The van der Waals surface area contributed by atoms with E-state index >= 15 is 0 Å². The highest BCUT2D eigenvalue weighted by molar-refractivity contribution is 5.77. The highest BCUT2D eigenvalue weighted by atomic mass is 16.1. The van der Waals surface area contributed by atoms with Gasteiger partial charge in [0, 0.05) is 44.8 Å². The molecule has 1 aromatic rings. The summed E-state index contributed by atoms with van der Waals surface area (Å²) in [5.41, 5.74) is 2.43. The van der Waals surface area contributed by atoms with E-state index < -0.39 is 0 Å². The van der Waals surface area contributed by atoms with Crippen LogP contribution in [0.4, 0.5) is 5.82 Å². The first kappa shape index (κ1) is 13.4. The van der Waals surface area contributed by atoms with Crippen molar-refractivity contribution in [2.75, 3.05) is 24.5 Å². The molecule has 2 N–H and O–H groups in total. The minimum absolute atomic E-state index is 0.135. The number of anilines is 1. The lowest BCUT2D eigenvalue weighted by molar-refractivity contribution is -0.120. The second kappa shape index (κ2) is 5.79. The molecule has 5 nitrogen and oxygen atoms in total. The number of hydrogen-bond donors (Lipinski definition) is 2. The molecular weight excluding hydrogens is 252 g/mol. The number of aryl methyl sites for hydroxylation is 1. The van der Waals surface area contributed by atoms with Crippen molar-refractivity contribution in [1.29, 1.82) is 0 Å². The smallest absolute Gasteiger partial charge is 0.221 e. The van der Waals surface area contributed by atoms with E-state index in [0.29, 0.717) is 13.0 Å².